The Morgan fingerprint density at radius 2 is 2.11 bits per heavy atom. The summed E-state index contributed by atoms with van der Waals surface area (Å²) in [4.78, 5) is 12.7. The van der Waals surface area contributed by atoms with Crippen molar-refractivity contribution in [2.24, 2.45) is 0 Å². The Bertz CT molecular complexity index is 912. The Morgan fingerprint density at radius 3 is 2.81 bits per heavy atom. The van der Waals surface area contributed by atoms with Gasteiger partial charge in [-0.2, -0.15) is 0 Å². The van der Waals surface area contributed by atoms with Crippen LogP contribution in [0.4, 0.5) is 0 Å². The van der Waals surface area contributed by atoms with Gasteiger partial charge in [-0.15, -0.1) is 21.5 Å². The highest BCUT2D eigenvalue weighted by atomic mass is 35.5. The van der Waals surface area contributed by atoms with Crippen molar-refractivity contribution in [3.63, 3.8) is 0 Å². The first-order valence-electron chi connectivity index (χ1n) is 8.39. The quantitative estimate of drug-likeness (QED) is 0.504. The third-order valence-corrected chi connectivity index (χ3v) is 6.49. The zero-order valence-corrected chi connectivity index (χ0v) is 17.8. The van der Waals surface area contributed by atoms with E-state index >= 15 is 0 Å². The minimum absolute atomic E-state index is 0.0539. The monoisotopic (exact) mass is 440 g/mol. The fourth-order valence-electron chi connectivity index (χ4n) is 2.49. The number of thiophene rings is 1. The Labute approximate surface area is 176 Å². The van der Waals surface area contributed by atoms with Gasteiger partial charge in [0.2, 0.25) is 0 Å². The molecule has 3 aromatic rings. The highest BCUT2D eigenvalue weighted by Gasteiger charge is 2.13. The van der Waals surface area contributed by atoms with Crippen LogP contribution in [0.3, 0.4) is 0 Å². The van der Waals surface area contributed by atoms with Crippen molar-refractivity contribution in [1.29, 1.82) is 0 Å². The molecular formula is C18H18Cl2N4OS2. The van der Waals surface area contributed by atoms with Crippen molar-refractivity contribution in [2.45, 2.75) is 30.8 Å². The third kappa shape index (κ3) is 5.25. The van der Waals surface area contributed by atoms with Gasteiger partial charge in [0.05, 0.1) is 14.9 Å². The summed E-state index contributed by atoms with van der Waals surface area (Å²) in [6.45, 7) is 3.34. The van der Waals surface area contributed by atoms with Crippen LogP contribution in [0.15, 0.2) is 40.9 Å². The van der Waals surface area contributed by atoms with Gasteiger partial charge in [0, 0.05) is 25.3 Å². The number of carbonyl (C=O) groups is 1. The van der Waals surface area contributed by atoms with Crippen LogP contribution in [0.5, 0.6) is 0 Å². The van der Waals surface area contributed by atoms with Crippen molar-refractivity contribution in [1.82, 2.24) is 20.1 Å². The van der Waals surface area contributed by atoms with Crippen LogP contribution in [0.25, 0.3) is 0 Å². The van der Waals surface area contributed by atoms with Crippen LogP contribution < -0.4 is 5.32 Å². The van der Waals surface area contributed by atoms with Gasteiger partial charge in [0.1, 0.15) is 5.82 Å². The van der Waals surface area contributed by atoms with Gasteiger partial charge < -0.3 is 9.88 Å². The van der Waals surface area contributed by atoms with Crippen molar-refractivity contribution >= 4 is 52.2 Å². The van der Waals surface area contributed by atoms with Crippen molar-refractivity contribution < 1.29 is 4.79 Å². The topological polar surface area (TPSA) is 59.8 Å². The molecule has 27 heavy (non-hydrogen) atoms. The van der Waals surface area contributed by atoms with Crippen LogP contribution in [0.1, 0.15) is 28.0 Å². The lowest BCUT2D eigenvalue weighted by Crippen LogP contribution is -2.25. The second-order valence-corrected chi connectivity index (χ2v) is 8.37. The van der Waals surface area contributed by atoms with Gasteiger partial charge in [-0.05, 0) is 36.1 Å². The first kappa shape index (κ1) is 20.2. The molecule has 0 fully saturated rings. The molecular weight excluding hydrogens is 423 g/mol. The molecule has 0 bridgehead atoms. The number of rotatable bonds is 8. The fourth-order valence-corrected chi connectivity index (χ4v) is 4.41. The van der Waals surface area contributed by atoms with E-state index in [1.54, 1.807) is 17.8 Å². The summed E-state index contributed by atoms with van der Waals surface area (Å²) in [5, 5.41) is 15.3. The maximum Gasteiger partial charge on any atom is 0.261 e. The zero-order chi connectivity index (χ0) is 19.2. The number of halogens is 2. The molecule has 142 valence electrons. The average molecular weight is 441 g/mol. The molecule has 0 spiro atoms. The van der Waals surface area contributed by atoms with Gasteiger partial charge in [-0.3, -0.25) is 4.79 Å². The van der Waals surface area contributed by atoms with Crippen LogP contribution in [-0.4, -0.2) is 27.2 Å². The molecule has 0 aliphatic heterocycles. The number of hydrogen-bond donors (Lipinski definition) is 1. The molecule has 5 nitrogen and oxygen atoms in total. The zero-order valence-electron chi connectivity index (χ0n) is 14.6. The second kappa shape index (κ2) is 9.59. The number of hydrogen-bond acceptors (Lipinski definition) is 5. The predicted molar refractivity (Wildman–Crippen MR) is 112 cm³/mol. The van der Waals surface area contributed by atoms with Crippen molar-refractivity contribution in [2.75, 3.05) is 6.54 Å². The summed E-state index contributed by atoms with van der Waals surface area (Å²) < 4.78 is 2.07. The van der Waals surface area contributed by atoms with E-state index in [9.17, 15) is 4.79 Å². The lowest BCUT2D eigenvalue weighted by atomic mass is 10.2. The molecule has 0 aliphatic rings. The Hall–Kier alpha value is -1.54. The summed E-state index contributed by atoms with van der Waals surface area (Å²) in [6, 6.07) is 9.29. The molecule has 0 radical (unpaired) electrons. The van der Waals surface area contributed by atoms with Crippen LogP contribution >= 0.6 is 46.3 Å². The molecule has 0 saturated carbocycles. The van der Waals surface area contributed by atoms with Gasteiger partial charge in [0.15, 0.2) is 5.16 Å². The van der Waals surface area contributed by atoms with Crippen LogP contribution in [0.2, 0.25) is 10.0 Å². The van der Waals surface area contributed by atoms with Crippen molar-refractivity contribution in [3.05, 3.63) is 62.0 Å². The van der Waals surface area contributed by atoms with E-state index in [1.165, 1.54) is 11.3 Å². The summed E-state index contributed by atoms with van der Waals surface area (Å²) in [5.41, 5.74) is 1.07. The maximum atomic E-state index is 12.0. The molecule has 2 aromatic heterocycles. The minimum Gasteiger partial charge on any atom is -0.351 e. The van der Waals surface area contributed by atoms with Crippen molar-refractivity contribution in [3.8, 4) is 0 Å². The normalized spacial score (nSPS) is 10.9. The first-order chi connectivity index (χ1) is 13.1. The molecule has 2 heterocycles. The highest BCUT2D eigenvalue weighted by Crippen LogP contribution is 2.27. The molecule has 0 aliphatic carbocycles. The molecule has 3 rings (SSSR count). The van der Waals surface area contributed by atoms with E-state index < -0.39 is 0 Å². The molecule has 9 heteroatoms. The summed E-state index contributed by atoms with van der Waals surface area (Å²) in [6.07, 6.45) is 0.630. The Balaban J connectivity index is 1.57. The van der Waals surface area contributed by atoms with E-state index in [2.05, 4.69) is 27.0 Å². The Kier molecular flexibility index (Phi) is 7.18. The molecule has 1 amide bonds. The second-order valence-electron chi connectivity index (χ2n) is 5.66. The summed E-state index contributed by atoms with van der Waals surface area (Å²) >= 11 is 15.1. The maximum absolute atomic E-state index is 12.0. The summed E-state index contributed by atoms with van der Waals surface area (Å²) in [5.74, 6) is 1.53. The van der Waals surface area contributed by atoms with Gasteiger partial charge in [0.25, 0.3) is 5.91 Å². The molecule has 1 aromatic carbocycles. The SMILES string of the molecule is CCn1c(CCNC(=O)c2cccs2)nnc1SCc1ccc(Cl)c(Cl)c1. The minimum atomic E-state index is -0.0539. The van der Waals surface area contributed by atoms with E-state index in [-0.39, 0.29) is 5.91 Å². The van der Waals surface area contributed by atoms with E-state index in [4.69, 9.17) is 23.2 Å². The fraction of sp³-hybridized carbons (Fsp3) is 0.278. The number of thioether (sulfide) groups is 1. The van der Waals surface area contributed by atoms with Crippen LogP contribution in [-0.2, 0) is 18.7 Å². The lowest BCUT2D eigenvalue weighted by Gasteiger charge is -2.08. The standard InChI is InChI=1S/C18H18Cl2N4OS2/c1-2-24-16(7-8-21-17(25)15-4-3-9-26-15)22-23-18(24)27-11-12-5-6-13(19)14(20)10-12/h3-6,9-10H,2,7-8,11H2,1H3,(H,21,25). The smallest absolute Gasteiger partial charge is 0.261 e. The molecule has 0 atom stereocenters. The van der Waals surface area contributed by atoms with Gasteiger partial charge in [-0.25, -0.2) is 0 Å². The predicted octanol–water partition coefficient (Wildman–Crippen LogP) is 4.93. The largest absolute Gasteiger partial charge is 0.351 e. The lowest BCUT2D eigenvalue weighted by molar-refractivity contribution is 0.0958. The van der Waals surface area contributed by atoms with E-state index in [1.807, 2.05) is 29.6 Å². The first-order valence-corrected chi connectivity index (χ1v) is 11.0. The van der Waals surface area contributed by atoms with E-state index in [0.717, 1.165) is 28.8 Å². The number of benzene rings is 1. The third-order valence-electron chi connectivity index (χ3n) is 3.84. The number of aromatic nitrogens is 3. The number of nitrogens with one attached hydrogen (secondary N) is 1. The molecule has 0 unspecified atom stereocenters. The average Bonchev–Trinajstić information content (AvgIpc) is 3.32. The van der Waals surface area contributed by atoms with Gasteiger partial charge >= 0.3 is 0 Å². The number of carbonyl (C=O) groups excluding carboxylic acids is 1. The number of amides is 1. The van der Waals surface area contributed by atoms with Gasteiger partial charge in [-0.1, -0.05) is 47.1 Å². The Morgan fingerprint density at radius 1 is 1.26 bits per heavy atom. The number of nitrogens with zero attached hydrogens (tertiary/aromatic N) is 3. The summed E-state index contributed by atoms with van der Waals surface area (Å²) in [7, 11) is 0. The molecule has 1 N–H and O–H groups in total. The highest BCUT2D eigenvalue weighted by molar-refractivity contribution is 7.98. The van der Waals surface area contributed by atoms with E-state index in [0.29, 0.717) is 27.9 Å². The molecule has 0 saturated heterocycles. The van der Waals surface area contributed by atoms with Crippen LogP contribution in [0, 0.1) is 0 Å².